The third kappa shape index (κ3) is 5.10. The Morgan fingerprint density at radius 3 is 2.67 bits per heavy atom. The minimum Gasteiger partial charge on any atom is -0.394 e. The van der Waals surface area contributed by atoms with Gasteiger partial charge in [-0.2, -0.15) is 0 Å². The van der Waals surface area contributed by atoms with E-state index in [2.05, 4.69) is 42.3 Å². The van der Waals surface area contributed by atoms with E-state index in [4.69, 9.17) is 10.2 Å². The van der Waals surface area contributed by atoms with Crippen molar-refractivity contribution < 1.29 is 9.32 Å². The molecule has 9 heteroatoms. The van der Waals surface area contributed by atoms with E-state index in [1.165, 1.54) is 0 Å². The normalized spacial score (nSPS) is 15.2. The van der Waals surface area contributed by atoms with Gasteiger partial charge >= 0.3 is 0 Å². The van der Waals surface area contributed by atoms with Crippen molar-refractivity contribution in [3.05, 3.63) is 41.0 Å². The summed E-state index contributed by atoms with van der Waals surface area (Å²) in [7, 11) is -2.73. The van der Waals surface area contributed by atoms with Crippen LogP contribution in [0.4, 0.5) is 17.2 Å². The second kappa shape index (κ2) is 7.84. The molecule has 0 spiro atoms. The molecular weight excluding hydrogens is 394 g/mol. The second-order valence-electron chi connectivity index (χ2n) is 5.17. The first kappa shape index (κ1) is 18.5. The van der Waals surface area contributed by atoms with Crippen LogP contribution in [-0.4, -0.2) is 32.8 Å². The van der Waals surface area contributed by atoms with Crippen molar-refractivity contribution in [2.24, 2.45) is 15.4 Å². The zero-order chi connectivity index (χ0) is 17.7. The van der Waals surface area contributed by atoms with Crippen molar-refractivity contribution in [1.82, 2.24) is 4.98 Å². The Balaban J connectivity index is 2.18. The van der Waals surface area contributed by atoms with Gasteiger partial charge in [0, 0.05) is 23.2 Å². The maximum absolute atomic E-state index is 11.6. The van der Waals surface area contributed by atoms with E-state index in [-0.39, 0.29) is 12.6 Å². The van der Waals surface area contributed by atoms with Crippen molar-refractivity contribution in [3.63, 3.8) is 0 Å². The molecule has 4 N–H and O–H groups in total. The summed E-state index contributed by atoms with van der Waals surface area (Å²) in [5.41, 5.74) is 1.33. The van der Waals surface area contributed by atoms with Crippen LogP contribution in [-0.2, 0) is 9.71 Å². The smallest absolute Gasteiger partial charge is 0.176 e. The second-order valence-corrected chi connectivity index (χ2v) is 7.95. The number of hydrogen-bond acceptors (Lipinski definition) is 6. The van der Waals surface area contributed by atoms with E-state index in [1.807, 2.05) is 6.92 Å². The van der Waals surface area contributed by atoms with Crippen LogP contribution in [0.15, 0.2) is 56.1 Å². The highest BCUT2D eigenvalue weighted by Crippen LogP contribution is 2.27. The van der Waals surface area contributed by atoms with Gasteiger partial charge in [0.2, 0.25) is 0 Å². The quantitative estimate of drug-likeness (QED) is 0.500. The molecule has 2 aromatic rings. The van der Waals surface area contributed by atoms with Gasteiger partial charge in [0.25, 0.3) is 0 Å². The van der Waals surface area contributed by atoms with Crippen LogP contribution < -0.4 is 10.5 Å². The molecule has 7 nitrogen and oxygen atoms in total. The molecule has 0 saturated heterocycles. The van der Waals surface area contributed by atoms with Crippen LogP contribution in [0.2, 0.25) is 0 Å². The summed E-state index contributed by atoms with van der Waals surface area (Å²) in [6, 6.07) is 8.14. The van der Waals surface area contributed by atoms with E-state index in [0.29, 0.717) is 16.4 Å². The lowest BCUT2D eigenvalue weighted by Gasteiger charge is -2.13. The number of anilines is 1. The minimum atomic E-state index is -2.73. The fourth-order valence-electron chi connectivity index (χ4n) is 1.76. The Morgan fingerprint density at radius 2 is 2.08 bits per heavy atom. The molecule has 0 radical (unpaired) electrons. The molecule has 0 aliphatic carbocycles. The van der Waals surface area contributed by atoms with Gasteiger partial charge in [-0.15, -0.1) is 10.2 Å². The van der Waals surface area contributed by atoms with Crippen LogP contribution in [0.3, 0.4) is 0 Å². The predicted molar refractivity (Wildman–Crippen MR) is 100 cm³/mol. The first-order chi connectivity index (χ1) is 11.3. The molecule has 1 heterocycles. The number of nitrogens with one attached hydrogen (secondary N) is 1. The molecule has 2 atom stereocenters. The van der Waals surface area contributed by atoms with E-state index in [1.54, 1.807) is 36.5 Å². The zero-order valence-corrected chi connectivity index (χ0v) is 15.4. The van der Waals surface area contributed by atoms with Gasteiger partial charge in [0.15, 0.2) is 5.82 Å². The van der Waals surface area contributed by atoms with Crippen molar-refractivity contribution in [2.45, 2.75) is 17.9 Å². The summed E-state index contributed by atoms with van der Waals surface area (Å²) in [5, 5.41) is 25.9. The van der Waals surface area contributed by atoms with E-state index < -0.39 is 9.71 Å². The van der Waals surface area contributed by atoms with E-state index in [9.17, 15) is 4.21 Å². The predicted octanol–water partition coefficient (Wildman–Crippen LogP) is 3.00. The fraction of sp³-hybridized carbons (Fsp3) is 0.200. The van der Waals surface area contributed by atoms with Crippen molar-refractivity contribution in [2.75, 3.05) is 11.9 Å². The third-order valence-corrected chi connectivity index (χ3v) is 4.72. The van der Waals surface area contributed by atoms with Crippen molar-refractivity contribution >= 4 is 48.7 Å². The molecule has 0 fully saturated rings. The number of hydrogen-bond donors (Lipinski definition) is 3. The largest absolute Gasteiger partial charge is 0.394 e. The van der Waals surface area contributed by atoms with Gasteiger partial charge in [-0.05, 0) is 53.0 Å². The number of nitrogens with two attached hydrogens (primary N) is 1. The molecule has 1 unspecified atom stereocenters. The summed E-state index contributed by atoms with van der Waals surface area (Å²) in [4.78, 5) is 4.61. The molecule has 0 bridgehead atoms. The molecule has 128 valence electrons. The highest BCUT2D eigenvalue weighted by atomic mass is 79.9. The zero-order valence-electron chi connectivity index (χ0n) is 13.0. The third-order valence-electron chi connectivity index (χ3n) is 3.02. The van der Waals surface area contributed by atoms with Crippen LogP contribution in [0.25, 0.3) is 0 Å². The summed E-state index contributed by atoms with van der Waals surface area (Å²) in [6.07, 6.45) is 1.61. The molecule has 0 saturated carbocycles. The average Bonchev–Trinajstić information content (AvgIpc) is 2.55. The SMILES string of the molecule is C=S(N)(=O)c1ccc(N=Nc2cc(N[C@H](C)CO)c(Br)cn2)cc1. The molecule has 1 aromatic carbocycles. The molecular formula is C15H18BrN5O2S. The first-order valence-corrected chi connectivity index (χ1v) is 9.57. The summed E-state index contributed by atoms with van der Waals surface area (Å²) >= 11 is 3.39. The minimum absolute atomic E-state index is 0.00852. The van der Waals surface area contributed by atoms with Crippen LogP contribution in [0.5, 0.6) is 0 Å². The van der Waals surface area contributed by atoms with E-state index in [0.717, 1.165) is 10.2 Å². The Morgan fingerprint density at radius 1 is 1.42 bits per heavy atom. The Kier molecular flexibility index (Phi) is 6.05. The van der Waals surface area contributed by atoms with Crippen molar-refractivity contribution in [3.8, 4) is 0 Å². The number of benzene rings is 1. The fourth-order valence-corrected chi connectivity index (χ4v) is 2.68. The molecule has 0 amide bonds. The number of aliphatic hydroxyl groups is 1. The summed E-state index contributed by atoms with van der Waals surface area (Å²) < 4.78 is 12.4. The lowest BCUT2D eigenvalue weighted by Crippen LogP contribution is -2.19. The number of azo groups is 1. The monoisotopic (exact) mass is 411 g/mol. The Hall–Kier alpha value is -1.81. The molecule has 24 heavy (non-hydrogen) atoms. The molecule has 0 aliphatic rings. The lowest BCUT2D eigenvalue weighted by molar-refractivity contribution is 0.281. The van der Waals surface area contributed by atoms with Crippen LogP contribution >= 0.6 is 15.9 Å². The molecule has 0 aliphatic heterocycles. The number of aliphatic hydroxyl groups excluding tert-OH is 1. The highest BCUT2D eigenvalue weighted by molar-refractivity contribution is 9.10. The Bertz CT molecular complexity index is 837. The van der Waals surface area contributed by atoms with Crippen molar-refractivity contribution in [1.29, 1.82) is 0 Å². The van der Waals surface area contributed by atoms with Crippen LogP contribution in [0, 0.1) is 0 Å². The maximum atomic E-state index is 11.6. The van der Waals surface area contributed by atoms with Gasteiger partial charge in [0.1, 0.15) is 0 Å². The number of pyridine rings is 1. The highest BCUT2D eigenvalue weighted by Gasteiger charge is 2.06. The lowest BCUT2D eigenvalue weighted by atomic mass is 10.3. The van der Waals surface area contributed by atoms with Gasteiger partial charge in [0.05, 0.1) is 32.2 Å². The van der Waals surface area contributed by atoms with Gasteiger partial charge in [-0.3, -0.25) is 5.14 Å². The van der Waals surface area contributed by atoms with Gasteiger partial charge < -0.3 is 10.4 Å². The number of rotatable bonds is 6. The number of aromatic nitrogens is 1. The van der Waals surface area contributed by atoms with Crippen LogP contribution in [0.1, 0.15) is 6.92 Å². The van der Waals surface area contributed by atoms with Gasteiger partial charge in [-0.25, -0.2) is 9.19 Å². The summed E-state index contributed by atoms with van der Waals surface area (Å²) in [6.45, 7) is 1.86. The Labute approximate surface area is 149 Å². The number of halogens is 1. The average molecular weight is 412 g/mol. The van der Waals surface area contributed by atoms with E-state index >= 15 is 0 Å². The number of nitrogens with zero attached hydrogens (tertiary/aromatic N) is 3. The standard InChI is InChI=1S/C15H18BrN5O2S/c1-10(9-22)19-14-7-15(18-8-13(14)16)21-20-11-3-5-12(6-4-11)24(2,17)23/h3-8,10,22H,2,9H2,1H3,(H2,17,23)(H,18,19)/t10-,24?/m1/s1. The summed E-state index contributed by atoms with van der Waals surface area (Å²) in [5.74, 6) is 3.84. The molecule has 2 rings (SSSR count). The van der Waals surface area contributed by atoms with Gasteiger partial charge in [-0.1, -0.05) is 0 Å². The maximum Gasteiger partial charge on any atom is 0.176 e. The topological polar surface area (TPSA) is 113 Å². The first-order valence-electron chi connectivity index (χ1n) is 6.99. The molecule has 1 aromatic heterocycles.